The van der Waals surface area contributed by atoms with E-state index in [1.54, 1.807) is 4.90 Å². The SMILES string of the molecule is O=C(O)C(F)(F)F.O=C(c1ccncc1F)N1CC[C@H]2[C@@H]1CCC(=O)N2c1ccccc1. The van der Waals surface area contributed by atoms with Crippen molar-refractivity contribution in [2.45, 2.75) is 37.5 Å². The van der Waals surface area contributed by atoms with Gasteiger partial charge in [0.15, 0.2) is 5.82 Å². The van der Waals surface area contributed by atoms with Crippen molar-refractivity contribution in [1.29, 1.82) is 0 Å². The third-order valence-electron chi connectivity index (χ3n) is 5.31. The number of aromatic nitrogens is 1. The number of alkyl halides is 3. The molecule has 2 atom stereocenters. The summed E-state index contributed by atoms with van der Waals surface area (Å²) < 4.78 is 45.7. The largest absolute Gasteiger partial charge is 0.490 e. The molecule has 170 valence electrons. The van der Waals surface area contributed by atoms with Crippen molar-refractivity contribution in [2.24, 2.45) is 0 Å². The van der Waals surface area contributed by atoms with Crippen LogP contribution in [0.2, 0.25) is 0 Å². The fourth-order valence-electron chi connectivity index (χ4n) is 3.94. The van der Waals surface area contributed by atoms with Crippen molar-refractivity contribution in [1.82, 2.24) is 9.88 Å². The summed E-state index contributed by atoms with van der Waals surface area (Å²) in [6, 6.07) is 10.8. The maximum absolute atomic E-state index is 13.9. The molecule has 4 rings (SSSR count). The van der Waals surface area contributed by atoms with Gasteiger partial charge >= 0.3 is 12.1 Å². The summed E-state index contributed by atoms with van der Waals surface area (Å²) in [5.74, 6) is -3.61. The fraction of sp³-hybridized carbons (Fsp3) is 0.333. The number of hydrogen-bond acceptors (Lipinski definition) is 4. The Hall–Kier alpha value is -3.50. The van der Waals surface area contributed by atoms with E-state index in [1.165, 1.54) is 12.3 Å². The molecule has 0 bridgehead atoms. The maximum Gasteiger partial charge on any atom is 0.490 e. The van der Waals surface area contributed by atoms with Crippen molar-refractivity contribution in [3.8, 4) is 0 Å². The Morgan fingerprint density at radius 1 is 1.06 bits per heavy atom. The topological polar surface area (TPSA) is 90.8 Å². The molecule has 0 saturated carbocycles. The van der Waals surface area contributed by atoms with Crippen molar-refractivity contribution in [3.63, 3.8) is 0 Å². The number of likely N-dealkylation sites (tertiary alicyclic amines) is 1. The summed E-state index contributed by atoms with van der Waals surface area (Å²) in [5, 5.41) is 7.12. The molecular weight excluding hydrogens is 434 g/mol. The van der Waals surface area contributed by atoms with E-state index in [0.29, 0.717) is 25.8 Å². The number of nitrogens with zero attached hydrogens (tertiary/aromatic N) is 3. The van der Waals surface area contributed by atoms with Crippen LogP contribution in [0, 0.1) is 5.82 Å². The minimum Gasteiger partial charge on any atom is -0.475 e. The second-order valence-corrected chi connectivity index (χ2v) is 7.22. The number of piperidine rings is 1. The zero-order valence-electron chi connectivity index (χ0n) is 16.6. The number of carboxylic acids is 1. The minimum atomic E-state index is -5.08. The number of para-hydroxylation sites is 1. The zero-order chi connectivity index (χ0) is 23.5. The third kappa shape index (κ3) is 4.87. The molecule has 0 radical (unpaired) electrons. The molecule has 2 aliphatic heterocycles. The first-order valence-corrected chi connectivity index (χ1v) is 9.69. The number of carbonyl (C=O) groups excluding carboxylic acids is 2. The maximum atomic E-state index is 13.9. The highest BCUT2D eigenvalue weighted by molar-refractivity contribution is 5.97. The molecule has 2 fully saturated rings. The van der Waals surface area contributed by atoms with Crippen molar-refractivity contribution < 1.29 is 37.1 Å². The van der Waals surface area contributed by atoms with Gasteiger partial charge in [0.05, 0.1) is 23.8 Å². The van der Waals surface area contributed by atoms with E-state index in [0.717, 1.165) is 11.9 Å². The number of hydrogen-bond donors (Lipinski definition) is 1. The molecule has 2 amide bonds. The molecule has 1 aromatic carbocycles. The second-order valence-electron chi connectivity index (χ2n) is 7.22. The number of carboxylic acid groups (broad SMARTS) is 1. The third-order valence-corrected chi connectivity index (χ3v) is 5.31. The Bertz CT molecular complexity index is 1000. The predicted octanol–water partition coefficient (Wildman–Crippen LogP) is 3.26. The van der Waals surface area contributed by atoms with Gasteiger partial charge < -0.3 is 14.9 Å². The number of fused-ring (bicyclic) bond motifs is 1. The van der Waals surface area contributed by atoms with Crippen LogP contribution in [-0.4, -0.2) is 57.6 Å². The molecule has 2 saturated heterocycles. The molecule has 2 aliphatic rings. The van der Waals surface area contributed by atoms with E-state index in [-0.39, 0.29) is 29.5 Å². The smallest absolute Gasteiger partial charge is 0.475 e. The molecule has 1 aromatic heterocycles. The second kappa shape index (κ2) is 9.33. The Morgan fingerprint density at radius 2 is 1.72 bits per heavy atom. The van der Waals surface area contributed by atoms with Gasteiger partial charge in [0.25, 0.3) is 5.91 Å². The first kappa shape index (κ1) is 23.2. The van der Waals surface area contributed by atoms with Crippen molar-refractivity contribution in [2.75, 3.05) is 11.4 Å². The highest BCUT2D eigenvalue weighted by atomic mass is 19.4. The van der Waals surface area contributed by atoms with Crippen LogP contribution in [0.15, 0.2) is 48.8 Å². The summed E-state index contributed by atoms with van der Waals surface area (Å²) in [5.41, 5.74) is 0.894. The lowest BCUT2D eigenvalue weighted by molar-refractivity contribution is -0.192. The van der Waals surface area contributed by atoms with Gasteiger partial charge in [0.2, 0.25) is 5.91 Å². The number of aliphatic carboxylic acids is 1. The van der Waals surface area contributed by atoms with E-state index in [4.69, 9.17) is 9.90 Å². The lowest BCUT2D eigenvalue weighted by atomic mass is 9.95. The van der Waals surface area contributed by atoms with Gasteiger partial charge in [-0.25, -0.2) is 9.18 Å². The van der Waals surface area contributed by atoms with Crippen molar-refractivity contribution in [3.05, 3.63) is 60.2 Å². The van der Waals surface area contributed by atoms with Crippen LogP contribution in [0.4, 0.5) is 23.2 Å². The summed E-state index contributed by atoms with van der Waals surface area (Å²) >= 11 is 0. The zero-order valence-corrected chi connectivity index (χ0v) is 16.6. The van der Waals surface area contributed by atoms with Gasteiger partial charge in [-0.3, -0.25) is 14.6 Å². The minimum absolute atomic E-state index is 0.0406. The fourth-order valence-corrected chi connectivity index (χ4v) is 3.94. The van der Waals surface area contributed by atoms with Crippen molar-refractivity contribution >= 4 is 23.5 Å². The van der Waals surface area contributed by atoms with Gasteiger partial charge in [-0.2, -0.15) is 13.2 Å². The van der Waals surface area contributed by atoms with Crippen LogP contribution in [0.3, 0.4) is 0 Å². The van der Waals surface area contributed by atoms with Crippen LogP contribution in [0.25, 0.3) is 0 Å². The summed E-state index contributed by atoms with van der Waals surface area (Å²) in [6.45, 7) is 0.520. The molecular formula is C21H19F4N3O4. The number of benzene rings is 1. The van der Waals surface area contributed by atoms with Gasteiger partial charge in [-0.15, -0.1) is 0 Å². The Kier molecular flexibility index (Phi) is 6.75. The quantitative estimate of drug-likeness (QED) is 0.705. The number of anilines is 1. The van der Waals surface area contributed by atoms with E-state index < -0.39 is 18.0 Å². The average molecular weight is 453 g/mol. The normalized spacial score (nSPS) is 20.3. The van der Waals surface area contributed by atoms with Gasteiger partial charge in [0, 0.05) is 24.8 Å². The molecule has 0 unspecified atom stereocenters. The molecule has 7 nitrogen and oxygen atoms in total. The summed E-state index contributed by atoms with van der Waals surface area (Å²) in [7, 11) is 0. The van der Waals surface area contributed by atoms with E-state index in [9.17, 15) is 27.2 Å². The highest BCUT2D eigenvalue weighted by Crippen LogP contribution is 2.35. The standard InChI is InChI=1S/C19H18FN3O2.C2HF3O2/c20-15-12-21-10-8-14(15)19(25)22-11-9-17-16(22)6-7-18(24)23(17)13-4-2-1-3-5-13;3-2(4,5)1(6)7/h1-5,8,10,12,16-17H,6-7,9,11H2;(H,6,7)/t16-,17-;/m0./s1. The van der Waals surface area contributed by atoms with Crippen LogP contribution < -0.4 is 4.90 Å². The number of amides is 2. The van der Waals surface area contributed by atoms with E-state index in [2.05, 4.69) is 4.98 Å². The number of rotatable bonds is 2. The Morgan fingerprint density at radius 3 is 2.31 bits per heavy atom. The number of carbonyl (C=O) groups is 3. The molecule has 0 aliphatic carbocycles. The first-order chi connectivity index (χ1) is 15.1. The van der Waals surface area contributed by atoms with Crippen LogP contribution >= 0.6 is 0 Å². The molecule has 0 spiro atoms. The van der Waals surface area contributed by atoms with E-state index in [1.807, 2.05) is 35.2 Å². The molecule has 32 heavy (non-hydrogen) atoms. The Balaban J connectivity index is 0.000000360. The molecule has 11 heteroatoms. The van der Waals surface area contributed by atoms with Crippen LogP contribution in [0.1, 0.15) is 29.6 Å². The van der Waals surface area contributed by atoms with E-state index >= 15 is 0 Å². The lowest BCUT2D eigenvalue weighted by Crippen LogP contribution is -2.53. The molecule has 1 N–H and O–H groups in total. The Labute approximate surface area is 180 Å². The monoisotopic (exact) mass is 453 g/mol. The summed E-state index contributed by atoms with van der Waals surface area (Å²) in [4.78, 5) is 41.4. The van der Waals surface area contributed by atoms with Crippen LogP contribution in [0.5, 0.6) is 0 Å². The lowest BCUT2D eigenvalue weighted by Gasteiger charge is -2.39. The number of halogens is 4. The predicted molar refractivity (Wildman–Crippen MR) is 104 cm³/mol. The molecule has 2 aromatic rings. The van der Waals surface area contributed by atoms with Crippen LogP contribution in [-0.2, 0) is 9.59 Å². The average Bonchev–Trinajstić information content (AvgIpc) is 3.18. The van der Waals surface area contributed by atoms with Gasteiger partial charge in [0.1, 0.15) is 0 Å². The van der Waals surface area contributed by atoms with Gasteiger partial charge in [-0.1, -0.05) is 18.2 Å². The number of pyridine rings is 1. The summed E-state index contributed by atoms with van der Waals surface area (Å²) in [6.07, 6.45) is -0.903. The first-order valence-electron chi connectivity index (χ1n) is 9.69. The molecule has 3 heterocycles. The van der Waals surface area contributed by atoms with Gasteiger partial charge in [-0.05, 0) is 31.0 Å². The highest BCUT2D eigenvalue weighted by Gasteiger charge is 2.45.